The summed E-state index contributed by atoms with van der Waals surface area (Å²) in [5, 5.41) is 0. The van der Waals surface area contributed by atoms with E-state index >= 15 is 0 Å². The standard InChI is InChI=1S/H6OS2Si2/c2-5(3)1-4/h2-3,5H,4H3. The van der Waals surface area contributed by atoms with Crippen LogP contribution in [0.3, 0.4) is 0 Å². The van der Waals surface area contributed by atoms with Crippen LogP contribution >= 0.6 is 24.2 Å². The van der Waals surface area contributed by atoms with Crippen molar-refractivity contribution in [3.8, 4) is 0 Å². The molecule has 0 bridgehead atoms. The molecule has 0 saturated heterocycles. The van der Waals surface area contributed by atoms with Crippen molar-refractivity contribution in [3.63, 3.8) is 0 Å². The van der Waals surface area contributed by atoms with Crippen LogP contribution in [-0.2, 0) is 4.12 Å². The highest BCUT2D eigenvalue weighted by atomic mass is 32.5. The maximum atomic E-state index is 4.76. The van der Waals surface area contributed by atoms with Crippen molar-refractivity contribution < 1.29 is 4.12 Å². The van der Waals surface area contributed by atoms with Gasteiger partial charge in [0.1, 0.15) is 10.5 Å². The van der Waals surface area contributed by atoms with Gasteiger partial charge in [0.05, 0.1) is 0 Å². The normalized spacial score (nSPS) is 10.2. The molecule has 0 radical (unpaired) electrons. The van der Waals surface area contributed by atoms with Gasteiger partial charge < -0.3 is 4.12 Å². The van der Waals surface area contributed by atoms with Crippen LogP contribution in [0.15, 0.2) is 0 Å². The Labute approximate surface area is 46.5 Å². The minimum atomic E-state index is -1.20. The predicted molar refractivity (Wildman–Crippen MR) is 36.1 cm³/mol. The summed E-state index contributed by atoms with van der Waals surface area (Å²) < 4.78 is 4.76. The number of thiol groups is 2. The molecule has 0 aromatic rings. The van der Waals surface area contributed by atoms with Crippen molar-refractivity contribution in [3.05, 3.63) is 0 Å². The lowest BCUT2D eigenvalue weighted by atomic mass is 15.8. The van der Waals surface area contributed by atoms with Crippen LogP contribution in [0.1, 0.15) is 0 Å². The zero-order valence-corrected chi connectivity index (χ0v) is 7.82. The minimum absolute atomic E-state index is 0.782. The first-order valence-electron chi connectivity index (χ1n) is 1.16. The lowest BCUT2D eigenvalue weighted by Gasteiger charge is -1.90. The molecule has 0 aromatic heterocycles. The first kappa shape index (κ1) is 6.09. The first-order valence-corrected chi connectivity index (χ1v) is 6.58. The molecule has 0 amide bonds. The van der Waals surface area contributed by atoms with Crippen molar-refractivity contribution in [2.75, 3.05) is 0 Å². The maximum Gasteiger partial charge on any atom is 0.285 e. The van der Waals surface area contributed by atoms with E-state index in [4.69, 9.17) is 4.12 Å². The summed E-state index contributed by atoms with van der Waals surface area (Å²) in [5.74, 6) is 0. The molecule has 0 unspecified atom stereocenters. The molecule has 0 aliphatic carbocycles. The number of hydrogen-bond donors (Lipinski definition) is 2. The Bertz CT molecular complexity index is 21.6. The average Bonchev–Trinajstić information content (AvgIpc) is 1.38. The van der Waals surface area contributed by atoms with E-state index < -0.39 is 7.34 Å². The van der Waals surface area contributed by atoms with E-state index in [1.165, 1.54) is 0 Å². The minimum Gasteiger partial charge on any atom is -0.452 e. The summed E-state index contributed by atoms with van der Waals surface area (Å²) in [6.07, 6.45) is 0. The van der Waals surface area contributed by atoms with Gasteiger partial charge in [-0.15, -0.1) is 0 Å². The van der Waals surface area contributed by atoms with E-state index in [-0.39, 0.29) is 0 Å². The van der Waals surface area contributed by atoms with Crippen molar-refractivity contribution >= 4 is 42.0 Å². The largest absolute Gasteiger partial charge is 0.452 e. The third kappa shape index (κ3) is 5.09. The molecule has 0 aromatic carbocycles. The zero-order chi connectivity index (χ0) is 4.28. The molecule has 0 spiro atoms. The van der Waals surface area contributed by atoms with Crippen LogP contribution in [0.2, 0.25) is 0 Å². The highest BCUT2D eigenvalue weighted by Gasteiger charge is 1.86. The summed E-state index contributed by atoms with van der Waals surface area (Å²) >= 11 is 7.83. The van der Waals surface area contributed by atoms with Crippen LogP contribution < -0.4 is 0 Å². The molecular formula is H6OS2Si2. The van der Waals surface area contributed by atoms with Crippen LogP contribution in [-0.4, -0.2) is 17.8 Å². The fourth-order valence-electron chi connectivity index (χ4n) is 0. The van der Waals surface area contributed by atoms with Gasteiger partial charge in [-0.05, 0) is 0 Å². The molecule has 0 rings (SSSR count). The van der Waals surface area contributed by atoms with E-state index in [9.17, 15) is 0 Å². The van der Waals surface area contributed by atoms with E-state index in [2.05, 4.69) is 24.2 Å². The molecule has 1 nitrogen and oxygen atoms in total. The number of rotatable bonds is 1. The zero-order valence-electron chi connectivity index (χ0n) is 2.88. The molecule has 0 heterocycles. The summed E-state index contributed by atoms with van der Waals surface area (Å²) in [6.45, 7) is 0. The average molecular weight is 142 g/mol. The van der Waals surface area contributed by atoms with E-state index in [1.807, 2.05) is 0 Å². The first-order chi connectivity index (χ1) is 2.27. The van der Waals surface area contributed by atoms with E-state index in [0.717, 1.165) is 10.5 Å². The van der Waals surface area contributed by atoms with Gasteiger partial charge in [-0.3, -0.25) is 0 Å². The van der Waals surface area contributed by atoms with Crippen LogP contribution in [0.25, 0.3) is 0 Å². The number of hydrogen-bond acceptors (Lipinski definition) is 3. The fourth-order valence-corrected chi connectivity index (χ4v) is 0. The SMILES string of the molecule is [SiH3]O[SiH](S)S. The second-order valence-electron chi connectivity index (χ2n) is 0.562. The van der Waals surface area contributed by atoms with Gasteiger partial charge in [-0.2, -0.15) is 24.2 Å². The Balaban J connectivity index is 2.54. The molecule has 0 fully saturated rings. The van der Waals surface area contributed by atoms with Gasteiger partial charge in [0.2, 0.25) is 0 Å². The second-order valence-corrected chi connectivity index (χ2v) is 7.14. The van der Waals surface area contributed by atoms with Crippen molar-refractivity contribution in [1.82, 2.24) is 0 Å². The Morgan fingerprint density at radius 1 is 1.60 bits per heavy atom. The van der Waals surface area contributed by atoms with Gasteiger partial charge in [0.15, 0.2) is 0 Å². The Hall–Kier alpha value is 1.09. The summed E-state index contributed by atoms with van der Waals surface area (Å²) in [4.78, 5) is 0. The molecule has 5 heavy (non-hydrogen) atoms. The molecule has 0 aliphatic rings. The topological polar surface area (TPSA) is 9.23 Å². The lowest BCUT2D eigenvalue weighted by molar-refractivity contribution is 0.679. The second kappa shape index (κ2) is 3.29. The van der Waals surface area contributed by atoms with Crippen LogP contribution in [0.5, 0.6) is 0 Å². The van der Waals surface area contributed by atoms with Gasteiger partial charge >= 0.3 is 0 Å². The Morgan fingerprint density at radius 2 is 1.80 bits per heavy atom. The van der Waals surface area contributed by atoms with Crippen molar-refractivity contribution in [1.29, 1.82) is 0 Å². The molecular weight excluding hydrogens is 136 g/mol. The monoisotopic (exact) mass is 142 g/mol. The molecule has 5 heteroatoms. The van der Waals surface area contributed by atoms with Crippen LogP contribution in [0.4, 0.5) is 0 Å². The predicted octanol–water partition coefficient (Wildman–Crippen LogP) is -1.14. The highest BCUT2D eigenvalue weighted by Crippen LogP contribution is 1.89. The van der Waals surface area contributed by atoms with Gasteiger partial charge in [0.25, 0.3) is 7.34 Å². The van der Waals surface area contributed by atoms with Crippen molar-refractivity contribution in [2.24, 2.45) is 0 Å². The van der Waals surface area contributed by atoms with Crippen molar-refractivity contribution in [2.45, 2.75) is 0 Å². The molecule has 0 N–H and O–H groups in total. The quantitative estimate of drug-likeness (QED) is 0.348. The van der Waals surface area contributed by atoms with Crippen LogP contribution in [0, 0.1) is 0 Å². The summed E-state index contributed by atoms with van der Waals surface area (Å²) in [6, 6.07) is 0. The van der Waals surface area contributed by atoms with Gasteiger partial charge in [-0.1, -0.05) is 0 Å². The third-order valence-electron chi connectivity index (χ3n) is 0.211. The van der Waals surface area contributed by atoms with E-state index in [1.54, 1.807) is 0 Å². The smallest absolute Gasteiger partial charge is 0.285 e. The summed E-state index contributed by atoms with van der Waals surface area (Å²) in [5.41, 5.74) is 0. The van der Waals surface area contributed by atoms with Gasteiger partial charge in [0, 0.05) is 0 Å². The lowest BCUT2D eigenvalue weighted by Crippen LogP contribution is -1.95. The maximum absolute atomic E-state index is 4.76. The molecule has 32 valence electrons. The molecule has 0 saturated carbocycles. The molecule has 0 aliphatic heterocycles. The fraction of sp³-hybridized carbons (Fsp3) is 0. The van der Waals surface area contributed by atoms with Gasteiger partial charge in [-0.25, -0.2) is 0 Å². The third-order valence-corrected chi connectivity index (χ3v) is 5.69. The highest BCUT2D eigenvalue weighted by molar-refractivity contribution is 8.39. The van der Waals surface area contributed by atoms with E-state index in [0.29, 0.717) is 0 Å². The summed E-state index contributed by atoms with van der Waals surface area (Å²) in [7, 11) is -0.417. The Kier molecular flexibility index (Phi) is 4.01. The Morgan fingerprint density at radius 3 is 1.80 bits per heavy atom. The molecule has 0 atom stereocenters.